The second kappa shape index (κ2) is 8.97. The molecular formula is C23H37N3O2. The maximum absolute atomic E-state index is 13.0. The maximum atomic E-state index is 13.0. The van der Waals surface area contributed by atoms with Crippen LogP contribution in [0, 0.1) is 17.3 Å². The van der Waals surface area contributed by atoms with Crippen molar-refractivity contribution in [1.82, 2.24) is 4.90 Å². The van der Waals surface area contributed by atoms with Crippen LogP contribution in [0.2, 0.25) is 0 Å². The molecule has 1 aliphatic rings. The summed E-state index contributed by atoms with van der Waals surface area (Å²) in [5, 5.41) is 3.00. The molecule has 156 valence electrons. The lowest BCUT2D eigenvalue weighted by atomic mass is 9.94. The lowest BCUT2D eigenvalue weighted by Gasteiger charge is -2.31. The smallest absolute Gasteiger partial charge is 0.228 e. The Morgan fingerprint density at radius 3 is 2.32 bits per heavy atom. The van der Waals surface area contributed by atoms with Gasteiger partial charge in [-0.1, -0.05) is 34.6 Å². The minimum Gasteiger partial charge on any atom is -0.377 e. The Kier molecular flexibility index (Phi) is 7.13. The van der Waals surface area contributed by atoms with Gasteiger partial charge in [0, 0.05) is 50.4 Å². The molecule has 2 rings (SSSR count). The number of carbonyl (C=O) groups is 2. The summed E-state index contributed by atoms with van der Waals surface area (Å²) < 4.78 is 0. The molecule has 5 heteroatoms. The van der Waals surface area contributed by atoms with E-state index in [1.54, 1.807) is 0 Å². The van der Waals surface area contributed by atoms with E-state index in [-0.39, 0.29) is 11.8 Å². The van der Waals surface area contributed by atoms with Crippen LogP contribution in [0.3, 0.4) is 0 Å². The van der Waals surface area contributed by atoms with Gasteiger partial charge in [-0.25, -0.2) is 0 Å². The summed E-state index contributed by atoms with van der Waals surface area (Å²) in [6, 6.07) is 5.98. The van der Waals surface area contributed by atoms with Gasteiger partial charge in [0.25, 0.3) is 0 Å². The lowest BCUT2D eigenvalue weighted by molar-refractivity contribution is -0.140. The summed E-state index contributed by atoms with van der Waals surface area (Å²) in [5.74, 6) is 1.15. The van der Waals surface area contributed by atoms with Gasteiger partial charge in [-0.15, -0.1) is 0 Å². The van der Waals surface area contributed by atoms with Gasteiger partial charge in [-0.2, -0.15) is 0 Å². The van der Waals surface area contributed by atoms with Crippen LogP contribution < -0.4 is 10.2 Å². The van der Waals surface area contributed by atoms with Crippen LogP contribution in [0.5, 0.6) is 0 Å². The first-order valence-corrected chi connectivity index (χ1v) is 10.4. The third-order valence-electron chi connectivity index (χ3n) is 4.90. The molecule has 0 spiro atoms. The van der Waals surface area contributed by atoms with Crippen molar-refractivity contribution in [1.29, 1.82) is 0 Å². The van der Waals surface area contributed by atoms with E-state index in [1.165, 1.54) is 12.8 Å². The monoisotopic (exact) mass is 387 g/mol. The SMILES string of the molecule is CC(C)CC(=O)Nc1ccc(N(C)C)c(CN(CC2CC2)C(=O)C(C)(C)C)c1. The van der Waals surface area contributed by atoms with Crippen LogP contribution in [0.15, 0.2) is 18.2 Å². The zero-order valence-electron chi connectivity index (χ0n) is 18.6. The Labute approximate surface area is 170 Å². The molecule has 0 aliphatic heterocycles. The molecule has 0 radical (unpaired) electrons. The Hall–Kier alpha value is -2.04. The summed E-state index contributed by atoms with van der Waals surface area (Å²) in [6.07, 6.45) is 2.92. The predicted octanol–water partition coefficient (Wildman–Crippen LogP) is 4.52. The number of carbonyl (C=O) groups excluding carboxylic acids is 2. The van der Waals surface area contributed by atoms with Crippen LogP contribution in [0.4, 0.5) is 11.4 Å². The van der Waals surface area contributed by atoms with Crippen molar-refractivity contribution in [2.24, 2.45) is 17.3 Å². The molecule has 1 aliphatic carbocycles. The first kappa shape index (κ1) is 22.3. The first-order chi connectivity index (χ1) is 13.0. The highest BCUT2D eigenvalue weighted by Gasteiger charge is 2.32. The number of anilines is 2. The van der Waals surface area contributed by atoms with E-state index in [0.29, 0.717) is 24.8 Å². The van der Waals surface area contributed by atoms with Crippen molar-refractivity contribution in [2.45, 2.75) is 60.4 Å². The quantitative estimate of drug-likeness (QED) is 0.713. The second-order valence-corrected chi connectivity index (χ2v) is 9.76. The third kappa shape index (κ3) is 6.54. The Bertz CT molecular complexity index is 700. The van der Waals surface area contributed by atoms with Crippen molar-refractivity contribution >= 4 is 23.2 Å². The van der Waals surface area contributed by atoms with Crippen LogP contribution in [0.1, 0.15) is 59.4 Å². The van der Waals surface area contributed by atoms with Gasteiger partial charge in [-0.05, 0) is 48.4 Å². The van der Waals surface area contributed by atoms with Crippen LogP contribution in [-0.2, 0) is 16.1 Å². The van der Waals surface area contributed by atoms with Crippen molar-refractivity contribution in [3.63, 3.8) is 0 Å². The maximum Gasteiger partial charge on any atom is 0.228 e. The molecule has 0 bridgehead atoms. The molecule has 28 heavy (non-hydrogen) atoms. The van der Waals surface area contributed by atoms with Gasteiger partial charge in [-0.3, -0.25) is 9.59 Å². The number of rotatable bonds is 8. The van der Waals surface area contributed by atoms with E-state index in [9.17, 15) is 9.59 Å². The number of hydrogen-bond donors (Lipinski definition) is 1. The predicted molar refractivity (Wildman–Crippen MR) is 116 cm³/mol. The third-order valence-corrected chi connectivity index (χ3v) is 4.90. The highest BCUT2D eigenvalue weighted by molar-refractivity contribution is 5.91. The molecule has 0 unspecified atom stereocenters. The molecule has 0 atom stereocenters. The highest BCUT2D eigenvalue weighted by atomic mass is 16.2. The van der Waals surface area contributed by atoms with Crippen molar-refractivity contribution < 1.29 is 9.59 Å². The average Bonchev–Trinajstić information content (AvgIpc) is 3.35. The second-order valence-electron chi connectivity index (χ2n) is 9.76. The zero-order valence-corrected chi connectivity index (χ0v) is 18.6. The molecule has 1 aromatic rings. The lowest BCUT2D eigenvalue weighted by Crippen LogP contribution is -2.40. The van der Waals surface area contributed by atoms with Crippen molar-refractivity contribution in [3.05, 3.63) is 23.8 Å². The summed E-state index contributed by atoms with van der Waals surface area (Å²) in [5.41, 5.74) is 2.52. The Morgan fingerprint density at radius 1 is 1.18 bits per heavy atom. The molecule has 1 aromatic carbocycles. The van der Waals surface area contributed by atoms with Crippen molar-refractivity contribution in [2.75, 3.05) is 30.9 Å². The van der Waals surface area contributed by atoms with E-state index < -0.39 is 5.41 Å². The van der Waals surface area contributed by atoms with Gasteiger partial charge in [0.05, 0.1) is 0 Å². The van der Waals surface area contributed by atoms with Crippen LogP contribution >= 0.6 is 0 Å². The molecule has 2 amide bonds. The molecule has 1 fully saturated rings. The Balaban J connectivity index is 2.27. The minimum absolute atomic E-state index is 0.0270. The van der Waals surface area contributed by atoms with E-state index in [2.05, 4.69) is 10.2 Å². The Morgan fingerprint density at radius 2 is 1.82 bits per heavy atom. The average molecular weight is 388 g/mol. The standard InChI is InChI=1S/C23H37N3O2/c1-16(2)12-21(27)24-19-10-11-20(25(6)7)18(13-19)15-26(14-17-8-9-17)22(28)23(3,4)5/h10-11,13,16-17H,8-9,12,14-15H2,1-7H3,(H,24,27). The summed E-state index contributed by atoms with van der Waals surface area (Å²) in [4.78, 5) is 29.3. The largest absolute Gasteiger partial charge is 0.377 e. The summed E-state index contributed by atoms with van der Waals surface area (Å²) in [6.45, 7) is 11.4. The molecule has 5 nitrogen and oxygen atoms in total. The molecule has 0 aromatic heterocycles. The van der Waals surface area contributed by atoms with Crippen LogP contribution in [-0.4, -0.2) is 37.4 Å². The minimum atomic E-state index is -0.406. The molecule has 1 N–H and O–H groups in total. The summed E-state index contributed by atoms with van der Waals surface area (Å²) in [7, 11) is 4.01. The molecular weight excluding hydrogens is 350 g/mol. The fourth-order valence-corrected chi connectivity index (χ4v) is 3.32. The number of nitrogens with one attached hydrogen (secondary N) is 1. The van der Waals surface area contributed by atoms with Gasteiger partial charge in [0.15, 0.2) is 0 Å². The van der Waals surface area contributed by atoms with Gasteiger partial charge in [0.2, 0.25) is 11.8 Å². The van der Waals surface area contributed by atoms with Crippen molar-refractivity contribution in [3.8, 4) is 0 Å². The number of amides is 2. The number of nitrogens with zero attached hydrogens (tertiary/aromatic N) is 2. The van der Waals surface area contributed by atoms with E-state index in [4.69, 9.17) is 0 Å². The highest BCUT2D eigenvalue weighted by Crippen LogP contribution is 2.33. The van der Waals surface area contributed by atoms with E-state index in [1.807, 2.05) is 71.8 Å². The molecule has 1 saturated carbocycles. The topological polar surface area (TPSA) is 52.7 Å². The fourth-order valence-electron chi connectivity index (χ4n) is 3.32. The zero-order chi connectivity index (χ0) is 21.1. The van der Waals surface area contributed by atoms with Gasteiger partial charge >= 0.3 is 0 Å². The van der Waals surface area contributed by atoms with Gasteiger partial charge < -0.3 is 15.1 Å². The number of hydrogen-bond acceptors (Lipinski definition) is 3. The van der Waals surface area contributed by atoms with Gasteiger partial charge in [0.1, 0.15) is 0 Å². The summed E-state index contributed by atoms with van der Waals surface area (Å²) >= 11 is 0. The number of benzene rings is 1. The molecule has 0 heterocycles. The normalized spacial score (nSPS) is 14.1. The van der Waals surface area contributed by atoms with E-state index in [0.717, 1.165) is 23.5 Å². The first-order valence-electron chi connectivity index (χ1n) is 10.4. The van der Waals surface area contributed by atoms with Crippen LogP contribution in [0.25, 0.3) is 0 Å². The fraction of sp³-hybridized carbons (Fsp3) is 0.652. The van der Waals surface area contributed by atoms with E-state index >= 15 is 0 Å². The molecule has 0 saturated heterocycles.